The normalized spacial score (nSPS) is 10.5. The van der Waals surface area contributed by atoms with Gasteiger partial charge in [-0.3, -0.25) is 9.78 Å². The number of aromatic amines is 1. The van der Waals surface area contributed by atoms with Crippen molar-refractivity contribution in [3.8, 4) is 11.5 Å². The van der Waals surface area contributed by atoms with Crippen molar-refractivity contribution in [1.29, 1.82) is 0 Å². The van der Waals surface area contributed by atoms with Gasteiger partial charge in [-0.2, -0.15) is 0 Å². The highest BCUT2D eigenvalue weighted by Crippen LogP contribution is 2.28. The van der Waals surface area contributed by atoms with E-state index in [-0.39, 0.29) is 17.1 Å². The molecule has 25 heavy (non-hydrogen) atoms. The topological polar surface area (TPSA) is 86.2 Å². The van der Waals surface area contributed by atoms with Crippen LogP contribution in [0.4, 0.5) is 0 Å². The first-order valence-corrected chi connectivity index (χ1v) is 7.95. The summed E-state index contributed by atoms with van der Waals surface area (Å²) in [4.78, 5) is 17.5. The Morgan fingerprint density at radius 2 is 1.52 bits per heavy atom. The quantitative estimate of drug-likeness (QED) is 0.423. The molecule has 3 N–H and O–H groups in total. The van der Waals surface area contributed by atoms with Crippen molar-refractivity contribution in [3.05, 3.63) is 75.1 Å². The highest BCUT2D eigenvalue weighted by Gasteiger charge is 2.04. The second-order valence-corrected chi connectivity index (χ2v) is 5.96. The molecule has 2 aromatic heterocycles. The number of halogens is 2. The number of nitrogens with zero attached hydrogens (tertiary/aromatic N) is 1. The third kappa shape index (κ3) is 3.52. The molecule has 2 heterocycles. The summed E-state index contributed by atoms with van der Waals surface area (Å²) < 4.78 is 0. The molecule has 4 aromatic rings. The van der Waals surface area contributed by atoms with E-state index in [4.69, 9.17) is 23.2 Å². The summed E-state index contributed by atoms with van der Waals surface area (Å²) in [5.41, 5.74) is 0.662. The minimum Gasteiger partial charge on any atom is -0.506 e. The van der Waals surface area contributed by atoms with Crippen molar-refractivity contribution < 1.29 is 10.2 Å². The molecule has 5 nitrogen and oxygen atoms in total. The first-order chi connectivity index (χ1) is 12.0. The summed E-state index contributed by atoms with van der Waals surface area (Å²) in [5.74, 6) is 0.187. The van der Waals surface area contributed by atoms with Crippen LogP contribution in [0, 0.1) is 0 Å². The Balaban J connectivity index is 0.000000146. The average molecular weight is 375 g/mol. The van der Waals surface area contributed by atoms with Crippen molar-refractivity contribution in [2.75, 3.05) is 0 Å². The molecule has 7 heteroatoms. The Kier molecular flexibility index (Phi) is 4.79. The number of phenolic OH excluding ortho intramolecular Hbond substituents is 2. The summed E-state index contributed by atoms with van der Waals surface area (Å²) in [5, 5.41) is 21.3. The lowest BCUT2D eigenvalue weighted by molar-refractivity contribution is 0.480. The summed E-state index contributed by atoms with van der Waals surface area (Å²) >= 11 is 11.7. The summed E-state index contributed by atoms with van der Waals surface area (Å²) in [6, 6.07) is 12.8. The van der Waals surface area contributed by atoms with Gasteiger partial charge in [-0.15, -0.1) is 0 Å². The van der Waals surface area contributed by atoms with Crippen LogP contribution in [0.3, 0.4) is 0 Å². The molecule has 0 radical (unpaired) electrons. The monoisotopic (exact) mass is 374 g/mol. The van der Waals surface area contributed by atoms with Crippen LogP contribution < -0.4 is 5.56 Å². The fraction of sp³-hybridized carbons (Fsp3) is 0. The van der Waals surface area contributed by atoms with Gasteiger partial charge in [-0.1, -0.05) is 23.2 Å². The van der Waals surface area contributed by atoms with Crippen LogP contribution in [0.15, 0.2) is 59.5 Å². The van der Waals surface area contributed by atoms with E-state index in [1.54, 1.807) is 30.5 Å². The lowest BCUT2D eigenvalue weighted by atomic mass is 10.2. The molecule has 2 aromatic carbocycles. The van der Waals surface area contributed by atoms with Crippen LogP contribution in [0.5, 0.6) is 11.5 Å². The van der Waals surface area contributed by atoms with E-state index in [0.29, 0.717) is 26.5 Å². The summed E-state index contributed by atoms with van der Waals surface area (Å²) in [7, 11) is 0. The molecule has 0 bridgehead atoms. The Morgan fingerprint density at radius 3 is 2.24 bits per heavy atom. The average Bonchev–Trinajstić information content (AvgIpc) is 2.62. The number of rotatable bonds is 0. The number of H-pyrrole nitrogens is 1. The Morgan fingerprint density at radius 1 is 0.840 bits per heavy atom. The number of hydrogen-bond acceptors (Lipinski definition) is 4. The Hall–Kier alpha value is -2.76. The molecular formula is C18H12Cl2N2O3. The fourth-order valence-electron chi connectivity index (χ4n) is 2.32. The maximum absolute atomic E-state index is 10.9. The van der Waals surface area contributed by atoms with E-state index in [2.05, 4.69) is 9.97 Å². The zero-order valence-electron chi connectivity index (χ0n) is 12.7. The number of benzene rings is 2. The molecule has 0 amide bonds. The lowest BCUT2D eigenvalue weighted by Crippen LogP contribution is -2.02. The van der Waals surface area contributed by atoms with Crippen LogP contribution in [0.25, 0.3) is 21.8 Å². The number of fused-ring (bicyclic) bond motifs is 2. The highest BCUT2D eigenvalue weighted by molar-refractivity contribution is 6.36. The smallest absolute Gasteiger partial charge is 0.248 e. The standard InChI is InChI=1S/C9H6ClNO2.C9H6ClNO/c10-6-2-3-7(12)9-5(6)1-4-8(13)11-9;10-7-3-4-8(12)9-6(7)2-1-5-11-9/h1-4,12H,(H,11,13);1-5,12H. The van der Waals surface area contributed by atoms with E-state index < -0.39 is 0 Å². The minimum atomic E-state index is -0.259. The van der Waals surface area contributed by atoms with Crippen LogP contribution in [-0.2, 0) is 0 Å². The van der Waals surface area contributed by atoms with Gasteiger partial charge >= 0.3 is 0 Å². The number of phenols is 2. The second-order valence-electron chi connectivity index (χ2n) is 5.14. The van der Waals surface area contributed by atoms with Gasteiger partial charge in [0.1, 0.15) is 17.0 Å². The molecule has 0 aliphatic rings. The predicted octanol–water partition coefficient (Wildman–Crippen LogP) is 4.48. The molecule has 0 saturated heterocycles. The summed E-state index contributed by atoms with van der Waals surface area (Å²) in [6.07, 6.45) is 1.62. The molecule has 0 spiro atoms. The van der Waals surface area contributed by atoms with Crippen molar-refractivity contribution in [3.63, 3.8) is 0 Å². The molecule has 0 atom stereocenters. The Labute approximate surface area is 152 Å². The van der Waals surface area contributed by atoms with Gasteiger partial charge in [-0.25, -0.2) is 0 Å². The molecule has 4 rings (SSSR count). The number of nitrogens with one attached hydrogen (secondary N) is 1. The first-order valence-electron chi connectivity index (χ1n) is 7.20. The highest BCUT2D eigenvalue weighted by atomic mass is 35.5. The molecule has 126 valence electrons. The second kappa shape index (κ2) is 7.01. The van der Waals surface area contributed by atoms with Gasteiger partial charge in [0.25, 0.3) is 0 Å². The first kappa shape index (κ1) is 17.1. The predicted molar refractivity (Wildman–Crippen MR) is 99.7 cm³/mol. The molecule has 0 fully saturated rings. The van der Waals surface area contributed by atoms with Crippen molar-refractivity contribution >= 4 is 45.0 Å². The van der Waals surface area contributed by atoms with Gasteiger partial charge in [-0.05, 0) is 42.5 Å². The number of hydrogen-bond donors (Lipinski definition) is 3. The van der Waals surface area contributed by atoms with E-state index in [9.17, 15) is 15.0 Å². The minimum absolute atomic E-state index is 0.0251. The third-order valence-electron chi connectivity index (χ3n) is 3.52. The third-order valence-corrected chi connectivity index (χ3v) is 4.17. The number of aromatic nitrogens is 2. The van der Waals surface area contributed by atoms with Gasteiger partial charge in [0.05, 0.1) is 15.6 Å². The van der Waals surface area contributed by atoms with Crippen molar-refractivity contribution in [2.45, 2.75) is 0 Å². The molecule has 0 saturated carbocycles. The van der Waals surface area contributed by atoms with E-state index >= 15 is 0 Å². The van der Waals surface area contributed by atoms with Crippen LogP contribution in [-0.4, -0.2) is 20.2 Å². The largest absolute Gasteiger partial charge is 0.506 e. The maximum Gasteiger partial charge on any atom is 0.248 e. The maximum atomic E-state index is 10.9. The molecular weight excluding hydrogens is 363 g/mol. The van der Waals surface area contributed by atoms with Gasteiger partial charge in [0.2, 0.25) is 5.56 Å². The van der Waals surface area contributed by atoms with E-state index in [0.717, 1.165) is 5.39 Å². The zero-order valence-corrected chi connectivity index (χ0v) is 14.2. The van der Waals surface area contributed by atoms with E-state index in [1.165, 1.54) is 18.2 Å². The van der Waals surface area contributed by atoms with Crippen LogP contribution >= 0.6 is 23.2 Å². The molecule has 0 aliphatic heterocycles. The van der Waals surface area contributed by atoms with Gasteiger partial charge in [0, 0.05) is 23.0 Å². The summed E-state index contributed by atoms with van der Waals surface area (Å²) in [6.45, 7) is 0. The molecule has 0 aliphatic carbocycles. The fourth-order valence-corrected chi connectivity index (χ4v) is 2.76. The molecule has 0 unspecified atom stereocenters. The lowest BCUT2D eigenvalue weighted by Gasteiger charge is -2.01. The Bertz CT molecular complexity index is 1090. The van der Waals surface area contributed by atoms with Gasteiger partial charge in [0.15, 0.2) is 0 Å². The SMILES string of the molecule is O=c1ccc2c(Cl)ccc(O)c2[nH]1.Oc1ccc(Cl)c2cccnc12. The van der Waals surface area contributed by atoms with Crippen molar-refractivity contribution in [1.82, 2.24) is 9.97 Å². The zero-order chi connectivity index (χ0) is 18.0. The van der Waals surface area contributed by atoms with E-state index in [1.807, 2.05) is 6.07 Å². The van der Waals surface area contributed by atoms with Crippen LogP contribution in [0.2, 0.25) is 10.0 Å². The van der Waals surface area contributed by atoms with Crippen molar-refractivity contribution in [2.24, 2.45) is 0 Å². The van der Waals surface area contributed by atoms with Crippen LogP contribution in [0.1, 0.15) is 0 Å². The number of pyridine rings is 2. The van der Waals surface area contributed by atoms with Gasteiger partial charge < -0.3 is 15.2 Å². The number of aromatic hydroxyl groups is 2.